The number of nitrogens with zero attached hydrogens (tertiary/aromatic N) is 1. The molecule has 0 fully saturated rings. The molecule has 0 atom stereocenters. The highest BCUT2D eigenvalue weighted by atomic mass is 16.5. The predicted octanol–water partition coefficient (Wildman–Crippen LogP) is 5.35. The molecule has 0 aliphatic rings. The molecule has 0 unspecified atom stereocenters. The van der Waals surface area contributed by atoms with Crippen molar-refractivity contribution in [1.82, 2.24) is 0 Å². The molecule has 0 spiro atoms. The van der Waals surface area contributed by atoms with Gasteiger partial charge in [-0.3, -0.25) is 0 Å². The van der Waals surface area contributed by atoms with Crippen LogP contribution in [0.15, 0.2) is 48.5 Å². The zero-order valence-corrected chi connectivity index (χ0v) is 14.3. The minimum Gasteiger partial charge on any atom is -0.494 e. The molecule has 2 heteroatoms. The van der Waals surface area contributed by atoms with Gasteiger partial charge < -0.3 is 4.74 Å². The highest BCUT2D eigenvalue weighted by Crippen LogP contribution is 2.25. The van der Waals surface area contributed by atoms with Crippen molar-refractivity contribution in [1.29, 1.82) is 5.26 Å². The molecule has 0 saturated carbocycles. The largest absolute Gasteiger partial charge is 0.494 e. The van der Waals surface area contributed by atoms with E-state index in [1.807, 2.05) is 36.4 Å². The maximum absolute atomic E-state index is 8.82. The number of rotatable bonds is 7. The fourth-order valence-electron chi connectivity index (χ4n) is 2.26. The smallest absolute Gasteiger partial charge is 0.119 e. The highest BCUT2D eigenvalue weighted by Gasteiger charge is 2.14. The van der Waals surface area contributed by atoms with Crippen LogP contribution in [0, 0.1) is 16.7 Å². The van der Waals surface area contributed by atoms with Gasteiger partial charge in [0, 0.05) is 0 Å². The lowest BCUT2D eigenvalue weighted by molar-refractivity contribution is 0.223. The van der Waals surface area contributed by atoms with E-state index in [4.69, 9.17) is 10.00 Å². The Labute approximate surface area is 139 Å². The Hall–Kier alpha value is -2.27. The summed E-state index contributed by atoms with van der Waals surface area (Å²) in [5.41, 5.74) is 3.50. The molecular formula is C21H25NO. The molecule has 0 aromatic heterocycles. The van der Waals surface area contributed by atoms with Crippen molar-refractivity contribution in [2.75, 3.05) is 6.61 Å². The average Bonchev–Trinajstić information content (AvgIpc) is 2.57. The molecular weight excluding hydrogens is 282 g/mol. The summed E-state index contributed by atoms with van der Waals surface area (Å²) in [5, 5.41) is 8.82. The molecule has 2 rings (SSSR count). The molecule has 0 aliphatic heterocycles. The van der Waals surface area contributed by atoms with Crippen molar-refractivity contribution in [2.24, 2.45) is 5.41 Å². The van der Waals surface area contributed by atoms with E-state index in [9.17, 15) is 0 Å². The Morgan fingerprint density at radius 3 is 2.04 bits per heavy atom. The van der Waals surface area contributed by atoms with E-state index in [2.05, 4.69) is 39.0 Å². The van der Waals surface area contributed by atoms with E-state index in [1.165, 1.54) is 17.5 Å². The molecule has 0 amide bonds. The van der Waals surface area contributed by atoms with E-state index in [-0.39, 0.29) is 0 Å². The Balaban J connectivity index is 1.88. The van der Waals surface area contributed by atoms with Crippen molar-refractivity contribution in [3.05, 3.63) is 65.2 Å². The van der Waals surface area contributed by atoms with Gasteiger partial charge in [-0.1, -0.05) is 51.5 Å². The van der Waals surface area contributed by atoms with E-state index >= 15 is 0 Å². The lowest BCUT2D eigenvalue weighted by atomic mass is 9.87. The van der Waals surface area contributed by atoms with Gasteiger partial charge in [-0.2, -0.15) is 5.26 Å². The molecule has 2 aromatic carbocycles. The lowest BCUT2D eigenvalue weighted by Gasteiger charge is -2.22. The monoisotopic (exact) mass is 307 g/mol. The number of ether oxygens (including phenoxy) is 1. The summed E-state index contributed by atoms with van der Waals surface area (Å²) < 4.78 is 5.84. The van der Waals surface area contributed by atoms with Gasteiger partial charge in [0.05, 0.1) is 18.2 Å². The van der Waals surface area contributed by atoms with Gasteiger partial charge in [0.25, 0.3) is 0 Å². The molecule has 23 heavy (non-hydrogen) atoms. The number of hydrogen-bond acceptors (Lipinski definition) is 2. The first-order chi connectivity index (χ1) is 11.0. The van der Waals surface area contributed by atoms with Crippen molar-refractivity contribution < 1.29 is 4.74 Å². The van der Waals surface area contributed by atoms with Crippen molar-refractivity contribution in [2.45, 2.75) is 40.0 Å². The van der Waals surface area contributed by atoms with Gasteiger partial charge in [-0.25, -0.2) is 0 Å². The fraction of sp³-hybridized carbons (Fsp3) is 0.381. The Morgan fingerprint density at radius 1 is 0.957 bits per heavy atom. The molecule has 0 N–H and O–H groups in total. The highest BCUT2D eigenvalue weighted by molar-refractivity contribution is 5.35. The second kappa shape index (κ2) is 7.83. The number of benzene rings is 2. The van der Waals surface area contributed by atoms with Crippen LogP contribution in [0.5, 0.6) is 5.75 Å². The number of nitriles is 1. The first-order valence-electron chi connectivity index (χ1n) is 8.23. The first kappa shape index (κ1) is 17.1. The third kappa shape index (κ3) is 5.45. The molecule has 0 saturated heterocycles. The summed E-state index contributed by atoms with van der Waals surface area (Å²) in [5.74, 6) is 0.931. The van der Waals surface area contributed by atoms with Gasteiger partial charge >= 0.3 is 0 Å². The van der Waals surface area contributed by atoms with Crippen LogP contribution >= 0.6 is 0 Å². The Kier molecular flexibility index (Phi) is 5.82. The zero-order chi connectivity index (χ0) is 16.7. The van der Waals surface area contributed by atoms with Crippen molar-refractivity contribution >= 4 is 0 Å². The second-order valence-corrected chi connectivity index (χ2v) is 6.75. The van der Waals surface area contributed by atoms with Crippen LogP contribution in [0.25, 0.3) is 0 Å². The van der Waals surface area contributed by atoms with Crippen LogP contribution < -0.4 is 4.74 Å². The summed E-state index contributed by atoms with van der Waals surface area (Å²) in [6, 6.07) is 18.2. The molecule has 2 aromatic rings. The van der Waals surface area contributed by atoms with E-state index in [0.29, 0.717) is 11.0 Å². The number of hydrogen-bond donors (Lipinski definition) is 0. The van der Waals surface area contributed by atoms with Crippen LogP contribution in [0.2, 0.25) is 0 Å². The molecule has 0 heterocycles. The quantitative estimate of drug-likeness (QED) is 0.690. The molecule has 0 bridgehead atoms. The molecule has 0 radical (unpaired) electrons. The summed E-state index contributed by atoms with van der Waals surface area (Å²) in [7, 11) is 0. The SMILES string of the molecule is CCC(C)(C)CCOc1ccc(Cc2ccc(C#N)cc2)cc1. The normalized spacial score (nSPS) is 11.0. The summed E-state index contributed by atoms with van der Waals surface area (Å²) >= 11 is 0. The standard InChI is InChI=1S/C21H25NO/c1-4-21(2,3)13-14-23-20-11-9-18(10-12-20)15-17-5-7-19(16-22)8-6-17/h5-12H,4,13-15H2,1-3H3. The van der Waals surface area contributed by atoms with Gasteiger partial charge in [0.2, 0.25) is 0 Å². The summed E-state index contributed by atoms with van der Waals surface area (Å²) in [6.45, 7) is 7.53. The van der Waals surface area contributed by atoms with Crippen LogP contribution in [-0.2, 0) is 6.42 Å². The van der Waals surface area contributed by atoms with Crippen LogP contribution in [0.4, 0.5) is 0 Å². The van der Waals surface area contributed by atoms with Gasteiger partial charge in [-0.05, 0) is 53.6 Å². The molecule has 0 aliphatic carbocycles. The van der Waals surface area contributed by atoms with Crippen molar-refractivity contribution in [3.8, 4) is 11.8 Å². The van der Waals surface area contributed by atoms with E-state index in [0.717, 1.165) is 25.2 Å². The van der Waals surface area contributed by atoms with Gasteiger partial charge in [0.15, 0.2) is 0 Å². The van der Waals surface area contributed by atoms with Crippen LogP contribution in [0.3, 0.4) is 0 Å². The fourth-order valence-corrected chi connectivity index (χ4v) is 2.26. The minimum absolute atomic E-state index is 0.343. The topological polar surface area (TPSA) is 33.0 Å². The summed E-state index contributed by atoms with van der Waals surface area (Å²) in [4.78, 5) is 0. The van der Waals surface area contributed by atoms with Crippen LogP contribution in [-0.4, -0.2) is 6.61 Å². The van der Waals surface area contributed by atoms with E-state index < -0.39 is 0 Å². The second-order valence-electron chi connectivity index (χ2n) is 6.75. The first-order valence-corrected chi connectivity index (χ1v) is 8.23. The third-order valence-corrected chi connectivity index (χ3v) is 4.42. The van der Waals surface area contributed by atoms with Crippen LogP contribution in [0.1, 0.15) is 50.3 Å². The van der Waals surface area contributed by atoms with Gasteiger partial charge in [-0.15, -0.1) is 0 Å². The molecule has 120 valence electrons. The third-order valence-electron chi connectivity index (χ3n) is 4.42. The van der Waals surface area contributed by atoms with Gasteiger partial charge in [0.1, 0.15) is 5.75 Å². The maximum atomic E-state index is 8.82. The average molecular weight is 307 g/mol. The van der Waals surface area contributed by atoms with Crippen molar-refractivity contribution in [3.63, 3.8) is 0 Å². The minimum atomic E-state index is 0.343. The molecule has 2 nitrogen and oxygen atoms in total. The summed E-state index contributed by atoms with van der Waals surface area (Å²) in [6.07, 6.45) is 3.10. The lowest BCUT2D eigenvalue weighted by Crippen LogP contribution is -2.14. The predicted molar refractivity (Wildman–Crippen MR) is 94.6 cm³/mol. The van der Waals surface area contributed by atoms with E-state index in [1.54, 1.807) is 0 Å². The zero-order valence-electron chi connectivity index (χ0n) is 14.3. The Bertz CT molecular complexity index is 648. The Morgan fingerprint density at radius 2 is 1.52 bits per heavy atom. The maximum Gasteiger partial charge on any atom is 0.119 e.